The summed E-state index contributed by atoms with van der Waals surface area (Å²) in [4.78, 5) is -0.756. The second kappa shape index (κ2) is 4.19. The van der Waals surface area contributed by atoms with Gasteiger partial charge in [-0.3, -0.25) is 0 Å². The summed E-state index contributed by atoms with van der Waals surface area (Å²) in [5.74, 6) is -1.87. The summed E-state index contributed by atoms with van der Waals surface area (Å²) in [7, 11) is -4.21. The van der Waals surface area contributed by atoms with E-state index in [2.05, 4.69) is 21.0 Å². The number of halogens is 3. The molecule has 2 rings (SSSR count). The van der Waals surface area contributed by atoms with Crippen molar-refractivity contribution in [2.45, 2.75) is 4.90 Å². The van der Waals surface area contributed by atoms with Gasteiger partial charge in [0.2, 0.25) is 0 Å². The van der Waals surface area contributed by atoms with Crippen LogP contribution in [0.4, 0.5) is 8.78 Å². The lowest BCUT2D eigenvalue weighted by Crippen LogP contribution is -2.15. The Morgan fingerprint density at radius 2 is 2.00 bits per heavy atom. The second-order valence-electron chi connectivity index (χ2n) is 3.11. The molecule has 1 aromatic heterocycles. The summed E-state index contributed by atoms with van der Waals surface area (Å²) in [6.45, 7) is 0. The normalized spacial score (nSPS) is 11.7. The van der Waals surface area contributed by atoms with Gasteiger partial charge in [-0.05, 0) is 34.1 Å². The number of rotatable bonds is 2. The fraction of sp³-hybridized carbons (Fsp3) is 0. The van der Waals surface area contributed by atoms with Crippen LogP contribution in [-0.4, -0.2) is 17.6 Å². The highest BCUT2D eigenvalue weighted by molar-refractivity contribution is 9.10. The first-order chi connectivity index (χ1) is 7.91. The predicted molar refractivity (Wildman–Crippen MR) is 58.9 cm³/mol. The monoisotopic (exact) mass is 322 g/mol. The second-order valence-corrected chi connectivity index (χ2v) is 5.79. The van der Waals surface area contributed by atoms with Crippen LogP contribution < -0.4 is 0 Å². The maximum absolute atomic E-state index is 13.4. The minimum absolute atomic E-state index is 0.415. The van der Waals surface area contributed by atoms with Gasteiger partial charge in [-0.1, -0.05) is 0 Å². The zero-order valence-corrected chi connectivity index (χ0v) is 10.5. The average molecular weight is 323 g/mol. The molecule has 4 nitrogen and oxygen atoms in total. The lowest BCUT2D eigenvalue weighted by Gasteiger charge is -2.05. The molecular weight excluding hydrogens is 318 g/mol. The van der Waals surface area contributed by atoms with E-state index in [0.717, 1.165) is 18.3 Å². The Hall–Kier alpha value is -1.28. The molecule has 0 aliphatic heterocycles. The lowest BCUT2D eigenvalue weighted by molar-refractivity contribution is 0.545. The number of benzene rings is 1. The first kappa shape index (κ1) is 12.2. The Labute approximate surface area is 104 Å². The lowest BCUT2D eigenvalue weighted by atomic mass is 10.3. The molecule has 0 radical (unpaired) electrons. The van der Waals surface area contributed by atoms with Gasteiger partial charge in [-0.15, -0.1) is 0 Å². The summed E-state index contributed by atoms with van der Waals surface area (Å²) >= 11 is 3.01. The van der Waals surface area contributed by atoms with E-state index in [-0.39, 0.29) is 0 Å². The third-order valence-electron chi connectivity index (χ3n) is 1.95. The molecule has 0 aliphatic rings. The topological polar surface area (TPSA) is 52.0 Å². The van der Waals surface area contributed by atoms with Crippen LogP contribution in [0, 0.1) is 11.6 Å². The van der Waals surface area contributed by atoms with Gasteiger partial charge in [0.05, 0.1) is 16.9 Å². The van der Waals surface area contributed by atoms with Crippen LogP contribution in [0.15, 0.2) is 40.0 Å². The summed E-state index contributed by atoms with van der Waals surface area (Å²) in [5, 5.41) is 3.53. The van der Waals surface area contributed by atoms with Gasteiger partial charge in [-0.2, -0.15) is 17.6 Å². The van der Waals surface area contributed by atoms with E-state index in [0.29, 0.717) is 14.6 Å². The van der Waals surface area contributed by atoms with Crippen LogP contribution in [0.5, 0.6) is 0 Å². The first-order valence-corrected chi connectivity index (χ1v) is 6.55. The Kier molecular flexibility index (Phi) is 3.00. The predicted octanol–water partition coefficient (Wildman–Crippen LogP) is 2.16. The molecule has 0 aliphatic carbocycles. The van der Waals surface area contributed by atoms with Crippen molar-refractivity contribution in [2.75, 3.05) is 0 Å². The summed E-state index contributed by atoms with van der Waals surface area (Å²) in [5.41, 5.74) is 0. The third-order valence-corrected chi connectivity index (χ3v) is 3.92. The van der Waals surface area contributed by atoms with E-state index in [9.17, 15) is 17.2 Å². The smallest absolute Gasteiger partial charge is 0.207 e. The number of hydrogen-bond acceptors (Lipinski definition) is 3. The highest BCUT2D eigenvalue weighted by Gasteiger charge is 2.22. The Morgan fingerprint density at radius 1 is 1.29 bits per heavy atom. The largest absolute Gasteiger partial charge is 0.286 e. The summed E-state index contributed by atoms with van der Waals surface area (Å²) in [6.07, 6.45) is 2.37. The molecule has 1 aromatic carbocycles. The van der Waals surface area contributed by atoms with E-state index in [4.69, 9.17) is 0 Å². The molecule has 0 unspecified atom stereocenters. The van der Waals surface area contributed by atoms with Crippen LogP contribution in [0.3, 0.4) is 0 Å². The molecule has 2 aromatic rings. The van der Waals surface area contributed by atoms with Crippen molar-refractivity contribution in [2.24, 2.45) is 0 Å². The van der Waals surface area contributed by atoms with Crippen LogP contribution >= 0.6 is 15.9 Å². The van der Waals surface area contributed by atoms with Crippen molar-refractivity contribution in [3.63, 3.8) is 0 Å². The summed E-state index contributed by atoms with van der Waals surface area (Å²) < 4.78 is 51.1. The maximum atomic E-state index is 13.4. The zero-order chi connectivity index (χ0) is 12.6. The Bertz CT molecular complexity index is 669. The molecule has 8 heteroatoms. The van der Waals surface area contributed by atoms with Gasteiger partial charge >= 0.3 is 0 Å². The molecule has 90 valence electrons. The minimum atomic E-state index is -4.21. The zero-order valence-electron chi connectivity index (χ0n) is 8.14. The van der Waals surface area contributed by atoms with Crippen molar-refractivity contribution in [1.29, 1.82) is 0 Å². The standard InChI is InChI=1S/C9H5BrF2N2O2S/c10-6-4-13-14(5-6)17(15,16)9-3-7(11)1-2-8(9)12/h1-5H. The fourth-order valence-electron chi connectivity index (χ4n) is 1.19. The molecule has 0 atom stereocenters. The van der Waals surface area contributed by atoms with E-state index in [1.165, 1.54) is 6.20 Å². The van der Waals surface area contributed by atoms with Crippen molar-refractivity contribution in [1.82, 2.24) is 9.19 Å². The highest BCUT2D eigenvalue weighted by atomic mass is 79.9. The molecule has 0 saturated carbocycles. The number of aromatic nitrogens is 2. The van der Waals surface area contributed by atoms with Gasteiger partial charge in [0.25, 0.3) is 10.0 Å². The van der Waals surface area contributed by atoms with Gasteiger partial charge in [-0.25, -0.2) is 8.78 Å². The number of nitrogens with zero attached hydrogens (tertiary/aromatic N) is 2. The molecule has 1 heterocycles. The Balaban J connectivity index is 2.63. The van der Waals surface area contributed by atoms with Crippen LogP contribution in [0.2, 0.25) is 0 Å². The molecule has 17 heavy (non-hydrogen) atoms. The van der Waals surface area contributed by atoms with E-state index in [1.54, 1.807) is 0 Å². The van der Waals surface area contributed by atoms with E-state index in [1.807, 2.05) is 0 Å². The van der Waals surface area contributed by atoms with Gasteiger partial charge in [0.15, 0.2) is 0 Å². The van der Waals surface area contributed by atoms with Crippen LogP contribution in [0.25, 0.3) is 0 Å². The van der Waals surface area contributed by atoms with Crippen molar-refractivity contribution in [3.05, 3.63) is 46.7 Å². The van der Waals surface area contributed by atoms with Crippen molar-refractivity contribution < 1.29 is 17.2 Å². The first-order valence-electron chi connectivity index (χ1n) is 4.32. The summed E-state index contributed by atoms with van der Waals surface area (Å²) in [6, 6.07) is 2.20. The molecule has 0 fully saturated rings. The highest BCUT2D eigenvalue weighted by Crippen LogP contribution is 2.19. The van der Waals surface area contributed by atoms with Gasteiger partial charge in [0.1, 0.15) is 16.5 Å². The molecule has 0 N–H and O–H groups in total. The van der Waals surface area contributed by atoms with Crippen LogP contribution in [-0.2, 0) is 10.0 Å². The van der Waals surface area contributed by atoms with E-state index >= 15 is 0 Å². The van der Waals surface area contributed by atoms with Crippen molar-refractivity contribution in [3.8, 4) is 0 Å². The van der Waals surface area contributed by atoms with Gasteiger partial charge < -0.3 is 0 Å². The molecule has 0 amide bonds. The molecular formula is C9H5BrF2N2O2S. The fourth-order valence-corrected chi connectivity index (χ4v) is 2.81. The third kappa shape index (κ3) is 2.22. The number of hydrogen-bond donors (Lipinski definition) is 0. The quantitative estimate of drug-likeness (QED) is 0.851. The van der Waals surface area contributed by atoms with Crippen LogP contribution in [0.1, 0.15) is 0 Å². The van der Waals surface area contributed by atoms with Gasteiger partial charge in [0, 0.05) is 0 Å². The Morgan fingerprint density at radius 3 is 2.59 bits per heavy atom. The molecule has 0 bridgehead atoms. The van der Waals surface area contributed by atoms with Crippen molar-refractivity contribution >= 4 is 26.0 Å². The molecule has 0 spiro atoms. The maximum Gasteiger partial charge on any atom is 0.286 e. The minimum Gasteiger partial charge on any atom is -0.207 e. The SMILES string of the molecule is O=S(=O)(c1cc(F)ccc1F)n1cc(Br)cn1. The average Bonchev–Trinajstić information content (AvgIpc) is 2.69. The molecule has 0 saturated heterocycles. The van der Waals surface area contributed by atoms with E-state index < -0.39 is 26.6 Å².